The summed E-state index contributed by atoms with van der Waals surface area (Å²) in [5.41, 5.74) is 0.350. The van der Waals surface area contributed by atoms with Crippen LogP contribution in [0.3, 0.4) is 0 Å². The largest absolute Gasteiger partial charge is 0.320 e. The Bertz CT molecular complexity index is 765. The van der Waals surface area contributed by atoms with E-state index in [1.54, 1.807) is 12.1 Å². The number of hydrogen-bond donors (Lipinski definition) is 1. The van der Waals surface area contributed by atoms with Crippen molar-refractivity contribution in [2.45, 2.75) is 0 Å². The van der Waals surface area contributed by atoms with Gasteiger partial charge in [-0.1, -0.05) is 23.2 Å². The predicted molar refractivity (Wildman–Crippen MR) is 90.7 cm³/mol. The molecule has 0 aliphatic heterocycles. The molecule has 0 aliphatic carbocycles. The Labute approximate surface area is 143 Å². The van der Waals surface area contributed by atoms with Crippen LogP contribution in [-0.4, -0.2) is 5.91 Å². The number of anilines is 1. The smallest absolute Gasteiger partial charge is 0.266 e. The standard InChI is InChI=1S/C14H7BrCl2N2OS/c15-13-4-2-10(21-13)5-8(7-18)14(20)19-12-6-9(16)1-3-11(12)17/h1-6H,(H,19,20)/b8-5+. The number of carbonyl (C=O) groups excluding carboxylic acids is 1. The molecule has 0 spiro atoms. The third-order valence-corrected chi connectivity index (χ3v) is 4.56. The van der Waals surface area contributed by atoms with Crippen molar-refractivity contribution < 1.29 is 4.79 Å². The van der Waals surface area contributed by atoms with E-state index in [9.17, 15) is 4.79 Å². The van der Waals surface area contributed by atoms with Crippen molar-refractivity contribution in [1.29, 1.82) is 5.26 Å². The molecule has 0 bridgehead atoms. The number of hydrogen-bond acceptors (Lipinski definition) is 3. The predicted octanol–water partition coefficient (Wildman–Crippen LogP) is 5.36. The lowest BCUT2D eigenvalue weighted by molar-refractivity contribution is -0.112. The number of nitrogens with one attached hydrogen (secondary N) is 1. The number of nitrogens with zero attached hydrogens (tertiary/aromatic N) is 1. The van der Waals surface area contributed by atoms with Gasteiger partial charge >= 0.3 is 0 Å². The summed E-state index contributed by atoms with van der Waals surface area (Å²) < 4.78 is 0.921. The molecule has 0 unspecified atom stereocenters. The van der Waals surface area contributed by atoms with Crippen molar-refractivity contribution in [3.63, 3.8) is 0 Å². The summed E-state index contributed by atoms with van der Waals surface area (Å²) in [4.78, 5) is 12.9. The van der Waals surface area contributed by atoms with Gasteiger partial charge in [-0.25, -0.2) is 0 Å². The summed E-state index contributed by atoms with van der Waals surface area (Å²) in [6.45, 7) is 0. The molecule has 1 aromatic heterocycles. The summed E-state index contributed by atoms with van der Waals surface area (Å²) in [6, 6.07) is 10.3. The van der Waals surface area contributed by atoms with Crippen LogP contribution < -0.4 is 5.32 Å². The SMILES string of the molecule is N#C/C(=C\c1ccc(Br)s1)C(=O)Nc1cc(Cl)ccc1Cl. The van der Waals surface area contributed by atoms with E-state index < -0.39 is 5.91 Å². The molecule has 0 aliphatic rings. The van der Waals surface area contributed by atoms with Gasteiger partial charge in [-0.3, -0.25) is 4.79 Å². The first-order valence-electron chi connectivity index (χ1n) is 5.63. The highest BCUT2D eigenvalue weighted by atomic mass is 79.9. The van der Waals surface area contributed by atoms with E-state index >= 15 is 0 Å². The molecule has 1 N–H and O–H groups in total. The molecule has 2 rings (SSSR count). The molecule has 0 radical (unpaired) electrons. The molecule has 2 aromatic rings. The molecule has 7 heteroatoms. The summed E-state index contributed by atoms with van der Waals surface area (Å²) >= 11 is 16.6. The maximum absolute atomic E-state index is 12.1. The lowest BCUT2D eigenvalue weighted by Crippen LogP contribution is -2.13. The van der Waals surface area contributed by atoms with Crippen molar-refractivity contribution in [2.24, 2.45) is 0 Å². The molecule has 0 fully saturated rings. The Hall–Kier alpha value is -1.32. The highest BCUT2D eigenvalue weighted by Crippen LogP contribution is 2.27. The number of rotatable bonds is 3. The molecule has 0 atom stereocenters. The number of carbonyl (C=O) groups is 1. The summed E-state index contributed by atoms with van der Waals surface area (Å²) in [7, 11) is 0. The highest BCUT2D eigenvalue weighted by molar-refractivity contribution is 9.11. The first-order valence-corrected chi connectivity index (χ1v) is 7.99. The quantitative estimate of drug-likeness (QED) is 0.555. The fourth-order valence-corrected chi connectivity index (χ4v) is 3.18. The lowest BCUT2D eigenvalue weighted by atomic mass is 10.2. The van der Waals surface area contributed by atoms with Gasteiger partial charge in [0.2, 0.25) is 0 Å². The topological polar surface area (TPSA) is 52.9 Å². The highest BCUT2D eigenvalue weighted by Gasteiger charge is 2.12. The van der Waals surface area contributed by atoms with Gasteiger partial charge in [0.25, 0.3) is 5.91 Å². The Morgan fingerprint density at radius 3 is 2.71 bits per heavy atom. The summed E-state index contributed by atoms with van der Waals surface area (Å²) in [6.07, 6.45) is 1.52. The van der Waals surface area contributed by atoms with Crippen LogP contribution in [0.25, 0.3) is 6.08 Å². The van der Waals surface area contributed by atoms with E-state index in [2.05, 4.69) is 21.2 Å². The average molecular weight is 402 g/mol. The fraction of sp³-hybridized carbons (Fsp3) is 0. The normalized spacial score (nSPS) is 11.0. The van der Waals surface area contributed by atoms with Crippen LogP contribution in [-0.2, 0) is 4.79 Å². The van der Waals surface area contributed by atoms with Gasteiger partial charge in [0, 0.05) is 9.90 Å². The zero-order valence-electron chi connectivity index (χ0n) is 10.4. The Balaban J connectivity index is 2.23. The first kappa shape index (κ1) is 16.1. The first-order chi connectivity index (χ1) is 9.99. The van der Waals surface area contributed by atoms with Crippen LogP contribution in [0.4, 0.5) is 5.69 Å². The van der Waals surface area contributed by atoms with Crippen LogP contribution >= 0.6 is 50.5 Å². The van der Waals surface area contributed by atoms with Crippen molar-refractivity contribution in [1.82, 2.24) is 0 Å². The maximum atomic E-state index is 12.1. The summed E-state index contributed by atoms with van der Waals surface area (Å²) in [5, 5.41) is 12.5. The third-order valence-electron chi connectivity index (χ3n) is 2.42. The minimum atomic E-state index is -0.536. The van der Waals surface area contributed by atoms with Crippen molar-refractivity contribution in [3.05, 3.63) is 54.6 Å². The molecule has 106 valence electrons. The van der Waals surface area contributed by atoms with Crippen LogP contribution in [0.5, 0.6) is 0 Å². The van der Waals surface area contributed by atoms with Crippen molar-refractivity contribution in [2.75, 3.05) is 5.32 Å². The monoisotopic (exact) mass is 400 g/mol. The molecular formula is C14H7BrCl2N2OS. The van der Waals surface area contributed by atoms with E-state index in [0.29, 0.717) is 15.7 Å². The van der Waals surface area contributed by atoms with Crippen molar-refractivity contribution in [3.8, 4) is 6.07 Å². The zero-order valence-corrected chi connectivity index (χ0v) is 14.3. The van der Waals surface area contributed by atoms with E-state index in [1.165, 1.54) is 23.5 Å². The lowest BCUT2D eigenvalue weighted by Gasteiger charge is -2.06. The number of nitriles is 1. The molecular weight excluding hydrogens is 395 g/mol. The minimum absolute atomic E-state index is 0.0135. The second kappa shape index (κ2) is 7.10. The molecule has 21 heavy (non-hydrogen) atoms. The second-order valence-corrected chi connectivity index (χ2v) is 7.23. The number of thiophene rings is 1. The van der Waals surface area contributed by atoms with Gasteiger partial charge in [0.1, 0.15) is 11.6 Å². The van der Waals surface area contributed by atoms with Gasteiger partial charge in [-0.15, -0.1) is 11.3 Å². The van der Waals surface area contributed by atoms with E-state index in [0.717, 1.165) is 8.66 Å². The molecule has 1 aromatic carbocycles. The molecule has 1 heterocycles. The number of halogens is 3. The summed E-state index contributed by atoms with van der Waals surface area (Å²) in [5.74, 6) is -0.536. The Morgan fingerprint density at radius 2 is 2.10 bits per heavy atom. The molecule has 1 amide bonds. The van der Waals surface area contributed by atoms with Crippen LogP contribution in [0.15, 0.2) is 39.7 Å². The van der Waals surface area contributed by atoms with Crippen LogP contribution in [0.2, 0.25) is 10.0 Å². The van der Waals surface area contributed by atoms with Gasteiger partial charge < -0.3 is 5.32 Å². The minimum Gasteiger partial charge on any atom is -0.320 e. The number of amides is 1. The maximum Gasteiger partial charge on any atom is 0.266 e. The Kier molecular flexibility index (Phi) is 5.43. The van der Waals surface area contributed by atoms with Gasteiger partial charge in [0.15, 0.2) is 0 Å². The molecule has 0 saturated heterocycles. The van der Waals surface area contributed by atoms with Crippen LogP contribution in [0.1, 0.15) is 4.88 Å². The average Bonchev–Trinajstić information content (AvgIpc) is 2.85. The van der Waals surface area contributed by atoms with E-state index in [-0.39, 0.29) is 5.57 Å². The van der Waals surface area contributed by atoms with E-state index in [1.807, 2.05) is 18.2 Å². The molecule has 0 saturated carbocycles. The second-order valence-electron chi connectivity index (χ2n) is 3.89. The van der Waals surface area contributed by atoms with Gasteiger partial charge in [0.05, 0.1) is 14.5 Å². The van der Waals surface area contributed by atoms with Gasteiger partial charge in [-0.2, -0.15) is 5.26 Å². The third kappa shape index (κ3) is 4.32. The van der Waals surface area contributed by atoms with Crippen molar-refractivity contribution >= 4 is 68.1 Å². The fourth-order valence-electron chi connectivity index (χ4n) is 1.48. The van der Waals surface area contributed by atoms with E-state index in [4.69, 9.17) is 28.5 Å². The number of benzene rings is 1. The Morgan fingerprint density at radius 1 is 1.33 bits per heavy atom. The van der Waals surface area contributed by atoms with Crippen LogP contribution in [0, 0.1) is 11.3 Å². The zero-order chi connectivity index (χ0) is 15.4. The molecule has 3 nitrogen and oxygen atoms in total. The van der Waals surface area contributed by atoms with Gasteiger partial charge in [-0.05, 0) is 52.3 Å².